The van der Waals surface area contributed by atoms with Crippen LogP contribution in [0.15, 0.2) is 24.3 Å². The summed E-state index contributed by atoms with van der Waals surface area (Å²) >= 11 is 0. The summed E-state index contributed by atoms with van der Waals surface area (Å²) in [6.07, 6.45) is 3.66. The summed E-state index contributed by atoms with van der Waals surface area (Å²) in [6, 6.07) is 10.5. The van der Waals surface area contributed by atoms with Gasteiger partial charge in [-0.3, -0.25) is 4.79 Å². The molecule has 1 heterocycles. The maximum absolute atomic E-state index is 11.8. The second-order valence-corrected chi connectivity index (χ2v) is 4.48. The summed E-state index contributed by atoms with van der Waals surface area (Å²) in [6.45, 7) is 4.00. The van der Waals surface area contributed by atoms with Gasteiger partial charge in [-0.05, 0) is 32.1 Å². The Balaban J connectivity index is 2.01. The predicted molar refractivity (Wildman–Crippen MR) is 68.7 cm³/mol. The number of rotatable bonds is 1. The van der Waals surface area contributed by atoms with Gasteiger partial charge in [-0.25, -0.2) is 0 Å². The lowest BCUT2D eigenvalue weighted by atomic mass is 10.1. The number of nitrogens with zero attached hydrogens (tertiary/aromatic N) is 1. The molecule has 17 heavy (non-hydrogen) atoms. The SMILES string of the molecule is Cc1ccc(C(=O)C#CN2CCCCC2)cc1. The standard InChI is InChI=1S/C15H17NO/c1-13-5-7-14(8-6-13)15(17)9-12-16-10-3-2-4-11-16/h5-8H,2-4,10-11H2,1H3. The number of ketones is 1. The molecule has 0 amide bonds. The summed E-state index contributed by atoms with van der Waals surface area (Å²) < 4.78 is 0. The van der Waals surface area contributed by atoms with Crippen LogP contribution in [0.1, 0.15) is 35.2 Å². The molecule has 0 bridgehead atoms. The molecular formula is C15H17NO. The Morgan fingerprint density at radius 2 is 1.76 bits per heavy atom. The first-order valence-electron chi connectivity index (χ1n) is 6.13. The van der Waals surface area contributed by atoms with Crippen molar-refractivity contribution < 1.29 is 4.79 Å². The van der Waals surface area contributed by atoms with Gasteiger partial charge >= 0.3 is 0 Å². The van der Waals surface area contributed by atoms with Gasteiger partial charge in [-0.2, -0.15) is 0 Å². The van der Waals surface area contributed by atoms with E-state index in [-0.39, 0.29) is 5.78 Å². The van der Waals surface area contributed by atoms with E-state index >= 15 is 0 Å². The molecule has 0 N–H and O–H groups in total. The third-order valence-corrected chi connectivity index (χ3v) is 3.00. The fraction of sp³-hybridized carbons (Fsp3) is 0.400. The van der Waals surface area contributed by atoms with E-state index in [1.807, 2.05) is 31.2 Å². The molecule has 1 aromatic carbocycles. The van der Waals surface area contributed by atoms with Crippen LogP contribution in [0.4, 0.5) is 0 Å². The highest BCUT2D eigenvalue weighted by Gasteiger charge is 2.06. The van der Waals surface area contributed by atoms with E-state index < -0.39 is 0 Å². The molecule has 0 unspecified atom stereocenters. The maximum Gasteiger partial charge on any atom is 0.237 e. The molecule has 2 heteroatoms. The van der Waals surface area contributed by atoms with E-state index in [4.69, 9.17) is 0 Å². The lowest BCUT2D eigenvalue weighted by Crippen LogP contribution is -2.24. The summed E-state index contributed by atoms with van der Waals surface area (Å²) in [5.74, 6) is 2.64. The van der Waals surface area contributed by atoms with Gasteiger partial charge in [0.1, 0.15) is 0 Å². The minimum Gasteiger partial charge on any atom is -0.332 e. The number of piperidine rings is 1. The largest absolute Gasteiger partial charge is 0.332 e. The molecule has 1 aliphatic rings. The van der Waals surface area contributed by atoms with Gasteiger partial charge < -0.3 is 4.90 Å². The molecule has 1 fully saturated rings. The lowest BCUT2D eigenvalue weighted by Gasteiger charge is -2.21. The van der Waals surface area contributed by atoms with Crippen molar-refractivity contribution in [1.82, 2.24) is 4.90 Å². The maximum atomic E-state index is 11.8. The third-order valence-electron chi connectivity index (χ3n) is 3.00. The van der Waals surface area contributed by atoms with Gasteiger partial charge in [-0.15, -0.1) is 0 Å². The molecule has 0 radical (unpaired) electrons. The molecule has 2 rings (SSSR count). The van der Waals surface area contributed by atoms with Crippen LogP contribution in [0.2, 0.25) is 0 Å². The number of benzene rings is 1. The molecule has 0 aromatic heterocycles. The Labute approximate surface area is 103 Å². The summed E-state index contributed by atoms with van der Waals surface area (Å²) in [7, 11) is 0. The van der Waals surface area contributed by atoms with Crippen molar-refractivity contribution in [3.05, 3.63) is 35.4 Å². The monoisotopic (exact) mass is 227 g/mol. The number of likely N-dealkylation sites (tertiary alicyclic amines) is 1. The van der Waals surface area contributed by atoms with E-state index in [0.29, 0.717) is 5.56 Å². The van der Waals surface area contributed by atoms with Gasteiger partial charge in [0.25, 0.3) is 0 Å². The Morgan fingerprint density at radius 3 is 2.41 bits per heavy atom. The Bertz CT molecular complexity index is 444. The van der Waals surface area contributed by atoms with Crippen LogP contribution in [0.5, 0.6) is 0 Å². The van der Waals surface area contributed by atoms with Gasteiger partial charge in [0.2, 0.25) is 5.78 Å². The first-order valence-corrected chi connectivity index (χ1v) is 6.13. The molecule has 0 atom stereocenters. The number of hydrogen-bond donors (Lipinski definition) is 0. The lowest BCUT2D eigenvalue weighted by molar-refractivity contribution is 0.105. The second-order valence-electron chi connectivity index (χ2n) is 4.48. The number of hydrogen-bond acceptors (Lipinski definition) is 2. The van der Waals surface area contributed by atoms with Crippen LogP contribution in [-0.4, -0.2) is 23.8 Å². The van der Waals surface area contributed by atoms with Crippen LogP contribution in [0, 0.1) is 18.9 Å². The topological polar surface area (TPSA) is 20.3 Å². The molecule has 1 aliphatic heterocycles. The molecule has 2 nitrogen and oxygen atoms in total. The average Bonchev–Trinajstić information content (AvgIpc) is 2.38. The molecule has 88 valence electrons. The first kappa shape index (κ1) is 11.7. The summed E-state index contributed by atoms with van der Waals surface area (Å²) in [5, 5.41) is 0. The summed E-state index contributed by atoms with van der Waals surface area (Å²) in [4.78, 5) is 13.8. The van der Waals surface area contributed by atoms with Crippen molar-refractivity contribution in [3.8, 4) is 12.0 Å². The van der Waals surface area contributed by atoms with Crippen molar-refractivity contribution in [1.29, 1.82) is 0 Å². The van der Waals surface area contributed by atoms with E-state index in [1.54, 1.807) is 0 Å². The predicted octanol–water partition coefficient (Wildman–Crippen LogP) is 2.62. The molecule has 0 aliphatic carbocycles. The Hall–Kier alpha value is -1.75. The first-order chi connectivity index (χ1) is 8.25. The van der Waals surface area contributed by atoms with E-state index in [0.717, 1.165) is 18.7 Å². The van der Waals surface area contributed by atoms with Crippen LogP contribution in [0.3, 0.4) is 0 Å². The Kier molecular flexibility index (Phi) is 3.82. The minimum atomic E-state index is -0.0874. The van der Waals surface area contributed by atoms with E-state index in [9.17, 15) is 4.79 Å². The highest BCUT2D eigenvalue weighted by atomic mass is 16.1. The minimum absolute atomic E-state index is 0.0874. The van der Waals surface area contributed by atoms with Crippen molar-refractivity contribution in [2.24, 2.45) is 0 Å². The van der Waals surface area contributed by atoms with Crippen LogP contribution >= 0.6 is 0 Å². The summed E-state index contributed by atoms with van der Waals surface area (Å²) in [5.41, 5.74) is 1.84. The molecule has 1 aromatic rings. The smallest absolute Gasteiger partial charge is 0.237 e. The number of aryl methyl sites for hydroxylation is 1. The number of carbonyl (C=O) groups excluding carboxylic acids is 1. The highest BCUT2D eigenvalue weighted by Crippen LogP contribution is 2.07. The number of carbonyl (C=O) groups is 1. The zero-order chi connectivity index (χ0) is 12.1. The third kappa shape index (κ3) is 3.35. The second kappa shape index (κ2) is 5.54. The number of Topliss-reactive ketones (excluding diaryl/α,β-unsaturated/α-hetero) is 1. The van der Waals surface area contributed by atoms with E-state index in [1.165, 1.54) is 19.3 Å². The van der Waals surface area contributed by atoms with Gasteiger partial charge in [0.05, 0.1) is 0 Å². The molecule has 0 spiro atoms. The van der Waals surface area contributed by atoms with Gasteiger partial charge in [0.15, 0.2) is 0 Å². The van der Waals surface area contributed by atoms with Crippen molar-refractivity contribution in [3.63, 3.8) is 0 Å². The van der Waals surface area contributed by atoms with Crippen molar-refractivity contribution >= 4 is 5.78 Å². The Morgan fingerprint density at radius 1 is 1.12 bits per heavy atom. The van der Waals surface area contributed by atoms with Crippen LogP contribution in [0.25, 0.3) is 0 Å². The van der Waals surface area contributed by atoms with Gasteiger partial charge in [0, 0.05) is 24.7 Å². The fourth-order valence-corrected chi connectivity index (χ4v) is 1.91. The quantitative estimate of drug-likeness (QED) is 0.543. The van der Waals surface area contributed by atoms with Crippen molar-refractivity contribution in [2.45, 2.75) is 26.2 Å². The molecular weight excluding hydrogens is 210 g/mol. The van der Waals surface area contributed by atoms with E-state index in [2.05, 4.69) is 16.9 Å². The van der Waals surface area contributed by atoms with Gasteiger partial charge in [-0.1, -0.05) is 29.8 Å². The fourth-order valence-electron chi connectivity index (χ4n) is 1.91. The zero-order valence-electron chi connectivity index (χ0n) is 10.2. The van der Waals surface area contributed by atoms with Crippen molar-refractivity contribution in [2.75, 3.05) is 13.1 Å². The molecule has 1 saturated heterocycles. The zero-order valence-corrected chi connectivity index (χ0v) is 10.2. The molecule has 0 saturated carbocycles. The van der Waals surface area contributed by atoms with Crippen LogP contribution < -0.4 is 0 Å². The highest BCUT2D eigenvalue weighted by molar-refractivity contribution is 6.08. The van der Waals surface area contributed by atoms with Crippen LogP contribution in [-0.2, 0) is 0 Å². The normalized spacial score (nSPS) is 15.0. The average molecular weight is 227 g/mol.